The average Bonchev–Trinajstić information content (AvgIpc) is 2.64. The van der Waals surface area contributed by atoms with E-state index in [-0.39, 0.29) is 0 Å². The molecule has 1 heterocycles. The maximum atomic E-state index is 3.47. The molecule has 0 aromatic carbocycles. The summed E-state index contributed by atoms with van der Waals surface area (Å²) < 4.78 is 0. The van der Waals surface area contributed by atoms with Gasteiger partial charge >= 0.3 is 0 Å². The van der Waals surface area contributed by atoms with Gasteiger partial charge in [0.25, 0.3) is 0 Å². The van der Waals surface area contributed by atoms with Gasteiger partial charge in [-0.1, -0.05) is 13.0 Å². The molecule has 0 fully saturated rings. The van der Waals surface area contributed by atoms with Crippen LogP contribution in [0, 0.1) is 0 Å². The van der Waals surface area contributed by atoms with Crippen LogP contribution in [0.15, 0.2) is 17.5 Å². The highest BCUT2D eigenvalue weighted by molar-refractivity contribution is 7.10. The number of rotatable bonds is 6. The molecule has 0 saturated heterocycles. The first kappa shape index (κ1) is 11.7. The van der Waals surface area contributed by atoms with Crippen LogP contribution in [0.4, 0.5) is 0 Å². The smallest absolute Gasteiger partial charge is 0.0561 e. The van der Waals surface area contributed by atoms with E-state index in [9.17, 15) is 0 Å². The van der Waals surface area contributed by atoms with Crippen LogP contribution < -0.4 is 5.32 Å². The van der Waals surface area contributed by atoms with E-state index in [2.05, 4.69) is 48.7 Å². The lowest BCUT2D eigenvalue weighted by atomic mass is 10.2. The highest BCUT2D eigenvalue weighted by Gasteiger charge is 2.13. The van der Waals surface area contributed by atoms with Gasteiger partial charge in [-0.3, -0.25) is 0 Å². The first-order valence-corrected chi connectivity index (χ1v) is 6.04. The summed E-state index contributed by atoms with van der Waals surface area (Å²) in [6.07, 6.45) is 1.20. The maximum Gasteiger partial charge on any atom is 0.0561 e. The molecule has 0 radical (unpaired) electrons. The summed E-state index contributed by atoms with van der Waals surface area (Å²) in [5.74, 6) is 0. The fraction of sp³-hybridized carbons (Fsp3) is 0.636. The van der Waals surface area contributed by atoms with Crippen LogP contribution in [0.2, 0.25) is 0 Å². The highest BCUT2D eigenvalue weighted by atomic mass is 32.1. The Bertz CT molecular complexity index is 231. The summed E-state index contributed by atoms with van der Waals surface area (Å²) in [4.78, 5) is 3.72. The number of thiophene rings is 1. The van der Waals surface area contributed by atoms with Crippen LogP contribution in [0.25, 0.3) is 0 Å². The summed E-state index contributed by atoms with van der Waals surface area (Å²) in [7, 11) is 4.27. The third-order valence-electron chi connectivity index (χ3n) is 2.26. The standard InChI is InChI=1S/C11H20N2S/c1-4-7-12-9-10(13(2)3)11-6-5-8-14-11/h5-6,8,10,12H,4,7,9H2,1-3H3. The molecule has 2 nitrogen and oxygen atoms in total. The Hall–Kier alpha value is -0.380. The molecule has 0 aliphatic rings. The van der Waals surface area contributed by atoms with Gasteiger partial charge in [0.2, 0.25) is 0 Å². The Balaban J connectivity index is 2.48. The molecule has 1 unspecified atom stereocenters. The molecule has 14 heavy (non-hydrogen) atoms. The Morgan fingerprint density at radius 2 is 2.29 bits per heavy atom. The summed E-state index contributed by atoms with van der Waals surface area (Å²) in [5.41, 5.74) is 0. The summed E-state index contributed by atoms with van der Waals surface area (Å²) in [5, 5.41) is 5.61. The third kappa shape index (κ3) is 3.40. The minimum absolute atomic E-state index is 0.515. The predicted molar refractivity (Wildman–Crippen MR) is 63.9 cm³/mol. The van der Waals surface area contributed by atoms with Gasteiger partial charge in [-0.05, 0) is 38.5 Å². The first-order chi connectivity index (χ1) is 6.75. The van der Waals surface area contributed by atoms with Crippen LogP contribution in [-0.4, -0.2) is 32.1 Å². The van der Waals surface area contributed by atoms with E-state index < -0.39 is 0 Å². The van der Waals surface area contributed by atoms with Crippen molar-refractivity contribution < 1.29 is 0 Å². The average molecular weight is 212 g/mol. The van der Waals surface area contributed by atoms with Crippen LogP contribution in [0.1, 0.15) is 24.3 Å². The first-order valence-electron chi connectivity index (χ1n) is 5.16. The molecule has 0 bridgehead atoms. The van der Waals surface area contributed by atoms with E-state index in [4.69, 9.17) is 0 Å². The molecule has 1 aromatic rings. The Kier molecular flexibility index (Phi) is 5.15. The number of likely N-dealkylation sites (N-methyl/N-ethyl adjacent to an activating group) is 1. The van der Waals surface area contributed by atoms with E-state index >= 15 is 0 Å². The molecule has 0 spiro atoms. The highest BCUT2D eigenvalue weighted by Crippen LogP contribution is 2.22. The SMILES string of the molecule is CCCNCC(c1cccs1)N(C)C. The van der Waals surface area contributed by atoms with Crippen molar-refractivity contribution in [1.82, 2.24) is 10.2 Å². The van der Waals surface area contributed by atoms with Crippen molar-refractivity contribution in [3.63, 3.8) is 0 Å². The van der Waals surface area contributed by atoms with Gasteiger partial charge < -0.3 is 10.2 Å². The largest absolute Gasteiger partial charge is 0.315 e. The molecule has 0 aliphatic heterocycles. The number of nitrogens with one attached hydrogen (secondary N) is 1. The Morgan fingerprint density at radius 3 is 2.79 bits per heavy atom. The maximum absolute atomic E-state index is 3.47. The molecular weight excluding hydrogens is 192 g/mol. The number of nitrogens with zero attached hydrogens (tertiary/aromatic N) is 1. The molecule has 80 valence electrons. The van der Waals surface area contributed by atoms with Crippen molar-refractivity contribution >= 4 is 11.3 Å². The molecule has 1 N–H and O–H groups in total. The lowest BCUT2D eigenvalue weighted by Gasteiger charge is -2.23. The van der Waals surface area contributed by atoms with Crippen molar-refractivity contribution in [3.05, 3.63) is 22.4 Å². The number of hydrogen-bond donors (Lipinski definition) is 1. The quantitative estimate of drug-likeness (QED) is 0.728. The van der Waals surface area contributed by atoms with Gasteiger partial charge in [0, 0.05) is 11.4 Å². The van der Waals surface area contributed by atoms with E-state index in [1.807, 2.05) is 11.3 Å². The van der Waals surface area contributed by atoms with Crippen molar-refractivity contribution in [1.29, 1.82) is 0 Å². The van der Waals surface area contributed by atoms with Gasteiger partial charge in [-0.15, -0.1) is 11.3 Å². The summed E-state index contributed by atoms with van der Waals surface area (Å²) >= 11 is 1.84. The van der Waals surface area contributed by atoms with Crippen LogP contribution >= 0.6 is 11.3 Å². The molecule has 0 amide bonds. The lowest BCUT2D eigenvalue weighted by molar-refractivity contribution is 0.293. The van der Waals surface area contributed by atoms with Crippen LogP contribution in [0.5, 0.6) is 0 Å². The normalized spacial score (nSPS) is 13.4. The minimum atomic E-state index is 0.515. The van der Waals surface area contributed by atoms with E-state index in [0.29, 0.717) is 6.04 Å². The van der Waals surface area contributed by atoms with Gasteiger partial charge in [0.15, 0.2) is 0 Å². The van der Waals surface area contributed by atoms with Crippen LogP contribution in [-0.2, 0) is 0 Å². The Morgan fingerprint density at radius 1 is 1.50 bits per heavy atom. The molecule has 1 aromatic heterocycles. The zero-order chi connectivity index (χ0) is 10.4. The monoisotopic (exact) mass is 212 g/mol. The molecule has 1 atom stereocenters. The second-order valence-electron chi connectivity index (χ2n) is 3.70. The third-order valence-corrected chi connectivity index (χ3v) is 3.23. The van der Waals surface area contributed by atoms with Crippen molar-refractivity contribution in [3.8, 4) is 0 Å². The fourth-order valence-corrected chi connectivity index (χ4v) is 2.36. The summed E-state index contributed by atoms with van der Waals surface area (Å²) in [6.45, 7) is 4.35. The predicted octanol–water partition coefficient (Wildman–Crippen LogP) is 2.35. The topological polar surface area (TPSA) is 15.3 Å². The van der Waals surface area contributed by atoms with Crippen molar-refractivity contribution in [2.45, 2.75) is 19.4 Å². The zero-order valence-electron chi connectivity index (χ0n) is 9.29. The van der Waals surface area contributed by atoms with Gasteiger partial charge in [-0.2, -0.15) is 0 Å². The van der Waals surface area contributed by atoms with Gasteiger partial charge in [0.05, 0.1) is 6.04 Å². The molecule has 0 saturated carbocycles. The van der Waals surface area contributed by atoms with Crippen molar-refractivity contribution in [2.75, 3.05) is 27.2 Å². The molecular formula is C11H20N2S. The second-order valence-corrected chi connectivity index (χ2v) is 4.68. The summed E-state index contributed by atoms with van der Waals surface area (Å²) in [6, 6.07) is 4.85. The van der Waals surface area contributed by atoms with E-state index in [0.717, 1.165) is 13.1 Å². The van der Waals surface area contributed by atoms with E-state index in [1.54, 1.807) is 0 Å². The second kappa shape index (κ2) is 6.17. The van der Waals surface area contributed by atoms with Gasteiger partial charge in [-0.25, -0.2) is 0 Å². The van der Waals surface area contributed by atoms with Crippen LogP contribution in [0.3, 0.4) is 0 Å². The molecule has 0 aliphatic carbocycles. The van der Waals surface area contributed by atoms with Crippen molar-refractivity contribution in [2.24, 2.45) is 0 Å². The lowest BCUT2D eigenvalue weighted by Crippen LogP contribution is -2.30. The molecule has 1 rings (SSSR count). The van der Waals surface area contributed by atoms with Gasteiger partial charge in [0.1, 0.15) is 0 Å². The Labute approximate surface area is 90.9 Å². The number of hydrogen-bond acceptors (Lipinski definition) is 3. The minimum Gasteiger partial charge on any atom is -0.315 e. The fourth-order valence-electron chi connectivity index (χ4n) is 1.43. The molecule has 3 heteroatoms. The van der Waals surface area contributed by atoms with E-state index in [1.165, 1.54) is 11.3 Å². The zero-order valence-corrected chi connectivity index (χ0v) is 10.1.